The van der Waals surface area contributed by atoms with E-state index in [1.165, 1.54) is 0 Å². The highest BCUT2D eigenvalue weighted by Gasteiger charge is 2.20. The zero-order valence-corrected chi connectivity index (χ0v) is 9.83. The van der Waals surface area contributed by atoms with Gasteiger partial charge in [-0.2, -0.15) is 4.98 Å². The van der Waals surface area contributed by atoms with Crippen molar-refractivity contribution < 1.29 is 4.52 Å². The van der Waals surface area contributed by atoms with Gasteiger partial charge in [-0.05, 0) is 45.9 Å². The number of aryl methyl sites for hydroxylation is 1. The van der Waals surface area contributed by atoms with E-state index in [2.05, 4.69) is 20.8 Å². The third-order valence-corrected chi connectivity index (χ3v) is 3.01. The van der Waals surface area contributed by atoms with Crippen LogP contribution in [-0.4, -0.2) is 36.8 Å². The molecule has 2 heterocycles. The maximum atomic E-state index is 5.26. The molecule has 0 aliphatic carbocycles. The molecule has 0 aromatic carbocycles. The molecule has 1 aromatic heterocycles. The van der Waals surface area contributed by atoms with E-state index < -0.39 is 0 Å². The second-order valence-electron chi connectivity index (χ2n) is 4.28. The molecule has 0 spiro atoms. The van der Waals surface area contributed by atoms with Gasteiger partial charge in [-0.15, -0.1) is 0 Å². The van der Waals surface area contributed by atoms with Crippen LogP contribution in [0.3, 0.4) is 0 Å². The molecule has 0 atom stereocenters. The molecule has 2 rings (SSSR count). The van der Waals surface area contributed by atoms with Crippen molar-refractivity contribution in [2.24, 2.45) is 0 Å². The Morgan fingerprint density at radius 1 is 1.44 bits per heavy atom. The number of nitrogens with zero attached hydrogens (tertiary/aromatic N) is 2. The van der Waals surface area contributed by atoms with Gasteiger partial charge in [0.25, 0.3) is 0 Å². The molecule has 5 nitrogen and oxygen atoms in total. The summed E-state index contributed by atoms with van der Waals surface area (Å²) in [6, 6.07) is 0. The Bertz CT molecular complexity index is 307. The Hall–Kier alpha value is -0.940. The van der Waals surface area contributed by atoms with Gasteiger partial charge in [0.05, 0.1) is 0 Å². The average Bonchev–Trinajstić information content (AvgIpc) is 2.79. The summed E-state index contributed by atoms with van der Waals surface area (Å²) >= 11 is 0. The fraction of sp³-hybridized carbons (Fsp3) is 0.818. The Morgan fingerprint density at radius 2 is 2.25 bits per heavy atom. The van der Waals surface area contributed by atoms with Crippen molar-refractivity contribution >= 4 is 0 Å². The standard InChI is InChI=1S/C11H20N4O/c1-12-6-2-3-10-14-11(15-16-10)9-4-7-13-8-5-9/h9,12-13H,2-8H2,1H3. The topological polar surface area (TPSA) is 63.0 Å². The highest BCUT2D eigenvalue weighted by atomic mass is 16.5. The lowest BCUT2D eigenvalue weighted by Gasteiger charge is -2.18. The van der Waals surface area contributed by atoms with Gasteiger partial charge in [0.1, 0.15) is 0 Å². The zero-order valence-electron chi connectivity index (χ0n) is 9.83. The van der Waals surface area contributed by atoms with Crippen LogP contribution in [0.1, 0.15) is 36.9 Å². The summed E-state index contributed by atoms with van der Waals surface area (Å²) in [4.78, 5) is 4.47. The average molecular weight is 224 g/mol. The van der Waals surface area contributed by atoms with Crippen LogP contribution in [0.4, 0.5) is 0 Å². The number of aromatic nitrogens is 2. The molecule has 1 fully saturated rings. The third kappa shape index (κ3) is 3.02. The summed E-state index contributed by atoms with van der Waals surface area (Å²) in [7, 11) is 1.95. The molecule has 0 radical (unpaired) electrons. The van der Waals surface area contributed by atoms with Crippen LogP contribution < -0.4 is 10.6 Å². The monoisotopic (exact) mass is 224 g/mol. The van der Waals surface area contributed by atoms with E-state index in [4.69, 9.17) is 4.52 Å². The number of hydrogen-bond acceptors (Lipinski definition) is 5. The van der Waals surface area contributed by atoms with Crippen LogP contribution in [-0.2, 0) is 6.42 Å². The summed E-state index contributed by atoms with van der Waals surface area (Å²) in [5.74, 6) is 2.17. The molecule has 0 amide bonds. The van der Waals surface area contributed by atoms with Crippen molar-refractivity contribution in [1.29, 1.82) is 0 Å². The number of rotatable bonds is 5. The molecule has 1 saturated heterocycles. The Balaban J connectivity index is 1.85. The molecule has 90 valence electrons. The van der Waals surface area contributed by atoms with Gasteiger partial charge in [0.2, 0.25) is 5.89 Å². The van der Waals surface area contributed by atoms with Gasteiger partial charge < -0.3 is 15.2 Å². The molecule has 16 heavy (non-hydrogen) atoms. The van der Waals surface area contributed by atoms with Crippen molar-refractivity contribution in [2.45, 2.75) is 31.6 Å². The van der Waals surface area contributed by atoms with Crippen LogP contribution in [0, 0.1) is 0 Å². The number of hydrogen-bond donors (Lipinski definition) is 2. The van der Waals surface area contributed by atoms with E-state index >= 15 is 0 Å². The fourth-order valence-corrected chi connectivity index (χ4v) is 2.03. The fourth-order valence-electron chi connectivity index (χ4n) is 2.03. The first kappa shape index (κ1) is 11.5. The molecule has 1 aliphatic rings. The Labute approximate surface area is 96.0 Å². The Kier molecular flexibility index (Phi) is 4.30. The summed E-state index contributed by atoms with van der Waals surface area (Å²) in [6.45, 7) is 3.12. The normalized spacial score (nSPS) is 17.8. The predicted octanol–water partition coefficient (Wildman–Crippen LogP) is 0.689. The molecule has 0 unspecified atom stereocenters. The first-order chi connectivity index (χ1) is 7.90. The molecule has 5 heteroatoms. The van der Waals surface area contributed by atoms with Crippen molar-refractivity contribution in [2.75, 3.05) is 26.7 Å². The van der Waals surface area contributed by atoms with Gasteiger partial charge in [0, 0.05) is 12.3 Å². The molecule has 1 aromatic rings. The summed E-state index contributed by atoms with van der Waals surface area (Å²) < 4.78 is 5.26. The van der Waals surface area contributed by atoms with Crippen LogP contribution in [0.15, 0.2) is 4.52 Å². The van der Waals surface area contributed by atoms with Crippen molar-refractivity contribution in [3.05, 3.63) is 11.7 Å². The van der Waals surface area contributed by atoms with E-state index in [9.17, 15) is 0 Å². The highest BCUT2D eigenvalue weighted by molar-refractivity contribution is 4.97. The summed E-state index contributed by atoms with van der Waals surface area (Å²) in [5, 5.41) is 10.5. The number of piperidine rings is 1. The maximum Gasteiger partial charge on any atom is 0.226 e. The van der Waals surface area contributed by atoms with E-state index in [1.807, 2.05) is 7.05 Å². The molecule has 0 saturated carbocycles. The lowest BCUT2D eigenvalue weighted by atomic mass is 9.98. The quantitative estimate of drug-likeness (QED) is 0.720. The molecule has 1 aliphatic heterocycles. The van der Waals surface area contributed by atoms with Gasteiger partial charge in [-0.1, -0.05) is 5.16 Å². The smallest absolute Gasteiger partial charge is 0.226 e. The minimum atomic E-state index is 0.489. The SMILES string of the molecule is CNCCCc1nc(C2CCNCC2)no1. The molecular weight excluding hydrogens is 204 g/mol. The highest BCUT2D eigenvalue weighted by Crippen LogP contribution is 2.22. The second-order valence-corrected chi connectivity index (χ2v) is 4.28. The lowest BCUT2D eigenvalue weighted by Crippen LogP contribution is -2.27. The molecule has 0 bridgehead atoms. The zero-order chi connectivity index (χ0) is 11.2. The largest absolute Gasteiger partial charge is 0.339 e. The lowest BCUT2D eigenvalue weighted by molar-refractivity contribution is 0.358. The van der Waals surface area contributed by atoms with E-state index in [-0.39, 0.29) is 0 Å². The van der Waals surface area contributed by atoms with Crippen molar-refractivity contribution in [1.82, 2.24) is 20.8 Å². The van der Waals surface area contributed by atoms with E-state index in [0.29, 0.717) is 5.92 Å². The first-order valence-corrected chi connectivity index (χ1v) is 6.08. The van der Waals surface area contributed by atoms with E-state index in [0.717, 1.165) is 57.0 Å². The summed E-state index contributed by atoms with van der Waals surface area (Å²) in [5.41, 5.74) is 0. The van der Waals surface area contributed by atoms with Gasteiger partial charge in [-0.25, -0.2) is 0 Å². The third-order valence-electron chi connectivity index (χ3n) is 3.01. The van der Waals surface area contributed by atoms with Gasteiger partial charge >= 0.3 is 0 Å². The first-order valence-electron chi connectivity index (χ1n) is 6.08. The summed E-state index contributed by atoms with van der Waals surface area (Å²) in [6.07, 6.45) is 4.16. The minimum absolute atomic E-state index is 0.489. The number of nitrogens with one attached hydrogen (secondary N) is 2. The van der Waals surface area contributed by atoms with Crippen LogP contribution in [0.5, 0.6) is 0 Å². The molecular formula is C11H20N4O. The van der Waals surface area contributed by atoms with Crippen LogP contribution in [0.25, 0.3) is 0 Å². The van der Waals surface area contributed by atoms with Crippen molar-refractivity contribution in [3.8, 4) is 0 Å². The second kappa shape index (κ2) is 5.96. The van der Waals surface area contributed by atoms with E-state index in [1.54, 1.807) is 0 Å². The van der Waals surface area contributed by atoms with Crippen LogP contribution >= 0.6 is 0 Å². The predicted molar refractivity (Wildman–Crippen MR) is 61.4 cm³/mol. The minimum Gasteiger partial charge on any atom is -0.339 e. The van der Waals surface area contributed by atoms with Gasteiger partial charge in [-0.3, -0.25) is 0 Å². The maximum absolute atomic E-state index is 5.26. The Morgan fingerprint density at radius 3 is 3.00 bits per heavy atom. The van der Waals surface area contributed by atoms with Gasteiger partial charge in [0.15, 0.2) is 5.82 Å². The molecule has 2 N–H and O–H groups in total. The van der Waals surface area contributed by atoms with Crippen molar-refractivity contribution in [3.63, 3.8) is 0 Å². The van der Waals surface area contributed by atoms with Crippen LogP contribution in [0.2, 0.25) is 0 Å².